The van der Waals surface area contributed by atoms with Crippen LogP contribution in [0.25, 0.3) is 0 Å². The van der Waals surface area contributed by atoms with E-state index in [0.29, 0.717) is 18.6 Å². The Labute approximate surface area is 138 Å². The van der Waals surface area contributed by atoms with Crippen LogP contribution in [0.1, 0.15) is 55.3 Å². The second kappa shape index (κ2) is 11.4. The van der Waals surface area contributed by atoms with Crippen molar-refractivity contribution in [1.82, 2.24) is 0 Å². The number of hydrogen-bond donors (Lipinski definition) is 0. The van der Waals surface area contributed by atoms with E-state index in [2.05, 4.69) is 15.9 Å². The van der Waals surface area contributed by atoms with Crippen LogP contribution in [-0.4, -0.2) is 12.6 Å². The fraction of sp³-hybridized carbons (Fsp3) is 0.471. The van der Waals surface area contributed by atoms with Gasteiger partial charge in [-0.25, -0.2) is 4.79 Å². The Hall–Kier alpha value is -1.23. The number of allylic oxidation sites excluding steroid dienone is 1. The lowest BCUT2D eigenvalue weighted by atomic mass is 10.1. The summed E-state index contributed by atoms with van der Waals surface area (Å²) < 4.78 is 29.4. The minimum Gasteiger partial charge on any atom is -0.462 e. The average molecular weight is 375 g/mol. The van der Waals surface area contributed by atoms with Crippen molar-refractivity contribution in [3.05, 3.63) is 46.5 Å². The van der Waals surface area contributed by atoms with Crippen molar-refractivity contribution < 1.29 is 18.3 Å². The summed E-state index contributed by atoms with van der Waals surface area (Å²) in [5.41, 5.74) is 0.571. The molecule has 2 nitrogen and oxygen atoms in total. The molecule has 0 amide bonds. The molecule has 1 rings (SSSR count). The van der Waals surface area contributed by atoms with Gasteiger partial charge in [-0.2, -0.15) is 8.78 Å². The van der Waals surface area contributed by atoms with E-state index in [0.717, 1.165) is 38.5 Å². The number of benzene rings is 1. The van der Waals surface area contributed by atoms with Crippen LogP contribution in [0.5, 0.6) is 0 Å². The molecule has 0 unspecified atom stereocenters. The smallest absolute Gasteiger partial charge is 0.338 e. The second-order valence-corrected chi connectivity index (χ2v) is 6.00. The highest BCUT2D eigenvalue weighted by molar-refractivity contribution is 9.11. The number of unbranched alkanes of at least 4 members (excludes halogenated alkanes) is 5. The van der Waals surface area contributed by atoms with Gasteiger partial charge in [0.25, 0.3) is 6.08 Å². The highest BCUT2D eigenvalue weighted by Crippen LogP contribution is 2.21. The average Bonchev–Trinajstić information content (AvgIpc) is 2.53. The number of carbonyl (C=O) groups excluding carboxylic acids is 1. The lowest BCUT2D eigenvalue weighted by Gasteiger charge is -2.05. The Morgan fingerprint density at radius 2 is 1.55 bits per heavy atom. The van der Waals surface area contributed by atoms with Gasteiger partial charge in [-0.3, -0.25) is 0 Å². The molecule has 5 heteroatoms. The van der Waals surface area contributed by atoms with Gasteiger partial charge in [0.1, 0.15) is 0 Å². The summed E-state index contributed by atoms with van der Waals surface area (Å²) in [7, 11) is 0. The van der Waals surface area contributed by atoms with Gasteiger partial charge in [-0.1, -0.05) is 43.9 Å². The van der Waals surface area contributed by atoms with Crippen LogP contribution in [-0.2, 0) is 4.74 Å². The molecule has 0 aliphatic heterocycles. The maximum atomic E-state index is 12.1. The maximum Gasteiger partial charge on any atom is 0.338 e. The van der Waals surface area contributed by atoms with E-state index in [1.54, 1.807) is 24.3 Å². The van der Waals surface area contributed by atoms with E-state index < -0.39 is 6.08 Å². The molecule has 0 saturated carbocycles. The third kappa shape index (κ3) is 8.27. The highest BCUT2D eigenvalue weighted by atomic mass is 79.9. The van der Waals surface area contributed by atoms with Crippen molar-refractivity contribution >= 4 is 21.9 Å². The molecule has 0 aromatic heterocycles. The standard InChI is InChI=1S/C17H21BrF2O2/c18-15(16(19)20)12-8-3-1-2-4-9-13-22-17(21)14-10-6-5-7-11-14/h5-7,10-11H,1-4,8-9,12-13H2. The van der Waals surface area contributed by atoms with Gasteiger partial charge in [0.05, 0.1) is 16.7 Å². The van der Waals surface area contributed by atoms with Gasteiger partial charge in [0.2, 0.25) is 0 Å². The van der Waals surface area contributed by atoms with Gasteiger partial charge in [-0.05, 0) is 47.3 Å². The Balaban J connectivity index is 1.96. The van der Waals surface area contributed by atoms with Crippen molar-refractivity contribution in [2.45, 2.75) is 44.9 Å². The molecule has 0 aliphatic carbocycles. The first-order valence-electron chi connectivity index (χ1n) is 7.53. The third-order valence-electron chi connectivity index (χ3n) is 3.24. The van der Waals surface area contributed by atoms with Crippen molar-refractivity contribution in [1.29, 1.82) is 0 Å². The van der Waals surface area contributed by atoms with Gasteiger partial charge in [0, 0.05) is 0 Å². The number of ether oxygens (including phenoxy) is 1. The number of esters is 1. The Morgan fingerprint density at radius 1 is 0.955 bits per heavy atom. The summed E-state index contributed by atoms with van der Waals surface area (Å²) in [6.07, 6.45) is 4.34. The Bertz CT molecular complexity index is 471. The monoisotopic (exact) mass is 374 g/mol. The Morgan fingerprint density at radius 3 is 2.18 bits per heavy atom. The number of rotatable bonds is 10. The largest absolute Gasteiger partial charge is 0.462 e. The van der Waals surface area contributed by atoms with Gasteiger partial charge in [-0.15, -0.1) is 0 Å². The summed E-state index contributed by atoms with van der Waals surface area (Å²) in [6.45, 7) is 0.426. The predicted molar refractivity (Wildman–Crippen MR) is 87.2 cm³/mol. The normalized spacial score (nSPS) is 10.3. The quantitative estimate of drug-likeness (QED) is 0.366. The van der Waals surface area contributed by atoms with E-state index in [4.69, 9.17) is 4.74 Å². The highest BCUT2D eigenvalue weighted by Gasteiger charge is 2.05. The molecular weight excluding hydrogens is 354 g/mol. The van der Waals surface area contributed by atoms with Crippen molar-refractivity contribution in [3.8, 4) is 0 Å². The van der Waals surface area contributed by atoms with E-state index in [-0.39, 0.29) is 10.5 Å². The first kappa shape index (κ1) is 18.8. The molecule has 0 N–H and O–H groups in total. The molecule has 0 fully saturated rings. The molecular formula is C17H21BrF2O2. The Kier molecular flexibility index (Phi) is 9.71. The summed E-state index contributed by atoms with van der Waals surface area (Å²) in [5.74, 6) is -0.287. The van der Waals surface area contributed by atoms with Crippen LogP contribution in [0.4, 0.5) is 8.78 Å². The molecule has 0 atom stereocenters. The second-order valence-electron chi connectivity index (χ2n) is 5.04. The number of hydrogen-bond acceptors (Lipinski definition) is 2. The summed E-state index contributed by atoms with van der Waals surface area (Å²) in [5, 5.41) is 0. The van der Waals surface area contributed by atoms with Crippen LogP contribution in [0.3, 0.4) is 0 Å². The van der Waals surface area contributed by atoms with Crippen LogP contribution >= 0.6 is 15.9 Å². The van der Waals surface area contributed by atoms with E-state index in [1.807, 2.05) is 6.07 Å². The fourth-order valence-corrected chi connectivity index (χ4v) is 2.29. The number of halogens is 3. The van der Waals surface area contributed by atoms with Gasteiger partial charge < -0.3 is 4.74 Å². The molecule has 22 heavy (non-hydrogen) atoms. The SMILES string of the molecule is O=C(OCCCCCCCCC(Br)=C(F)F)c1ccccc1. The van der Waals surface area contributed by atoms with E-state index in [9.17, 15) is 13.6 Å². The van der Waals surface area contributed by atoms with Crippen molar-refractivity contribution in [3.63, 3.8) is 0 Å². The molecule has 122 valence electrons. The molecule has 0 aliphatic rings. The third-order valence-corrected chi connectivity index (χ3v) is 3.93. The zero-order valence-electron chi connectivity index (χ0n) is 12.5. The zero-order valence-corrected chi connectivity index (χ0v) is 14.1. The molecule has 0 bridgehead atoms. The molecule has 1 aromatic carbocycles. The number of carbonyl (C=O) groups is 1. The van der Waals surface area contributed by atoms with E-state index >= 15 is 0 Å². The topological polar surface area (TPSA) is 26.3 Å². The van der Waals surface area contributed by atoms with Gasteiger partial charge in [0.15, 0.2) is 0 Å². The van der Waals surface area contributed by atoms with Crippen molar-refractivity contribution in [2.75, 3.05) is 6.61 Å². The fourth-order valence-electron chi connectivity index (χ4n) is 2.01. The molecule has 0 spiro atoms. The first-order valence-corrected chi connectivity index (χ1v) is 8.32. The van der Waals surface area contributed by atoms with Crippen molar-refractivity contribution in [2.24, 2.45) is 0 Å². The summed E-state index contributed by atoms with van der Waals surface area (Å²) in [6, 6.07) is 8.93. The minimum absolute atomic E-state index is 0.0142. The molecule has 0 heterocycles. The van der Waals surface area contributed by atoms with Crippen LogP contribution < -0.4 is 0 Å². The van der Waals surface area contributed by atoms with Gasteiger partial charge >= 0.3 is 5.97 Å². The van der Waals surface area contributed by atoms with Crippen LogP contribution in [0.2, 0.25) is 0 Å². The summed E-state index contributed by atoms with van der Waals surface area (Å²) >= 11 is 2.86. The summed E-state index contributed by atoms with van der Waals surface area (Å²) in [4.78, 5) is 11.6. The first-order chi connectivity index (χ1) is 10.6. The van der Waals surface area contributed by atoms with E-state index in [1.165, 1.54) is 0 Å². The van der Waals surface area contributed by atoms with Crippen LogP contribution in [0.15, 0.2) is 40.9 Å². The minimum atomic E-state index is -1.62. The molecule has 1 aromatic rings. The predicted octanol–water partition coefficient (Wildman–Crippen LogP) is 6.08. The molecule has 0 radical (unpaired) electrons. The maximum absolute atomic E-state index is 12.1. The molecule has 0 saturated heterocycles. The zero-order chi connectivity index (χ0) is 16.2. The lowest BCUT2D eigenvalue weighted by Crippen LogP contribution is -2.06. The van der Waals surface area contributed by atoms with Crippen LogP contribution in [0, 0.1) is 0 Å². The lowest BCUT2D eigenvalue weighted by molar-refractivity contribution is 0.0497.